The minimum absolute atomic E-state index is 0.0469. The fraction of sp³-hybridized carbons (Fsp3) is 0.500. The van der Waals surface area contributed by atoms with Crippen molar-refractivity contribution in [3.05, 3.63) is 17.9 Å². The number of morpholine rings is 1. The summed E-state index contributed by atoms with van der Waals surface area (Å²) in [5, 5.41) is 9.10. The Labute approximate surface area is 105 Å². The van der Waals surface area contributed by atoms with Gasteiger partial charge in [-0.15, -0.1) is 0 Å². The molecule has 3 N–H and O–H groups in total. The van der Waals surface area contributed by atoms with Gasteiger partial charge < -0.3 is 25.2 Å². The van der Waals surface area contributed by atoms with E-state index in [1.165, 1.54) is 13.2 Å². The van der Waals surface area contributed by atoms with Crippen LogP contribution in [0.15, 0.2) is 12.1 Å². The van der Waals surface area contributed by atoms with Gasteiger partial charge in [0.15, 0.2) is 11.6 Å². The van der Waals surface area contributed by atoms with Crippen LogP contribution in [0.25, 0.3) is 0 Å². The van der Waals surface area contributed by atoms with Gasteiger partial charge in [-0.2, -0.15) is 0 Å². The number of nitrogen functional groups attached to an aromatic ring is 1. The maximum absolute atomic E-state index is 13.5. The van der Waals surface area contributed by atoms with E-state index in [0.29, 0.717) is 31.1 Å². The second-order valence-corrected chi connectivity index (χ2v) is 4.17. The van der Waals surface area contributed by atoms with Crippen molar-refractivity contribution in [2.24, 2.45) is 0 Å². The Kier molecular flexibility index (Phi) is 3.88. The quantitative estimate of drug-likeness (QED) is 0.776. The van der Waals surface area contributed by atoms with E-state index in [4.69, 9.17) is 20.3 Å². The standard InChI is InChI=1S/C12H17FN2O3/c1-17-12-5-11(10(14)4-9(12)13)15-2-3-18-8(6-15)7-16/h4-5,8,16H,2-3,6-7,14H2,1H3. The SMILES string of the molecule is COc1cc(N2CCOC(CO)C2)c(N)cc1F. The number of ether oxygens (including phenoxy) is 2. The van der Waals surface area contributed by atoms with Crippen LogP contribution in [-0.4, -0.2) is 44.6 Å². The first-order chi connectivity index (χ1) is 8.65. The Morgan fingerprint density at radius 3 is 3.06 bits per heavy atom. The number of nitrogens with zero attached hydrogens (tertiary/aromatic N) is 1. The minimum atomic E-state index is -0.481. The fourth-order valence-corrected chi connectivity index (χ4v) is 2.04. The molecule has 100 valence electrons. The predicted molar refractivity (Wildman–Crippen MR) is 66.4 cm³/mol. The Morgan fingerprint density at radius 1 is 1.61 bits per heavy atom. The summed E-state index contributed by atoms with van der Waals surface area (Å²) in [4.78, 5) is 1.96. The average Bonchev–Trinajstić information content (AvgIpc) is 2.39. The molecule has 1 saturated heterocycles. The summed E-state index contributed by atoms with van der Waals surface area (Å²) < 4.78 is 23.8. The smallest absolute Gasteiger partial charge is 0.167 e. The first kappa shape index (κ1) is 12.9. The highest BCUT2D eigenvalue weighted by atomic mass is 19.1. The number of hydrogen-bond donors (Lipinski definition) is 2. The van der Waals surface area contributed by atoms with Crippen molar-refractivity contribution in [1.82, 2.24) is 0 Å². The molecule has 0 amide bonds. The molecule has 1 aliphatic heterocycles. The molecular formula is C12H17FN2O3. The summed E-state index contributed by atoms with van der Waals surface area (Å²) in [5.74, 6) is -0.322. The van der Waals surface area contributed by atoms with E-state index in [2.05, 4.69) is 0 Å². The number of benzene rings is 1. The number of aliphatic hydroxyl groups is 1. The Balaban J connectivity index is 2.26. The summed E-state index contributed by atoms with van der Waals surface area (Å²) in [5.41, 5.74) is 6.88. The van der Waals surface area contributed by atoms with Crippen LogP contribution in [0, 0.1) is 5.82 Å². The van der Waals surface area contributed by atoms with Crippen LogP contribution in [-0.2, 0) is 4.74 Å². The zero-order valence-electron chi connectivity index (χ0n) is 10.2. The molecule has 0 bridgehead atoms. The highest BCUT2D eigenvalue weighted by Crippen LogP contribution is 2.31. The van der Waals surface area contributed by atoms with Crippen molar-refractivity contribution >= 4 is 11.4 Å². The van der Waals surface area contributed by atoms with Gasteiger partial charge in [0.05, 0.1) is 37.8 Å². The fourth-order valence-electron chi connectivity index (χ4n) is 2.04. The van der Waals surface area contributed by atoms with Crippen LogP contribution < -0.4 is 15.4 Å². The summed E-state index contributed by atoms with van der Waals surface area (Å²) in [6.45, 7) is 1.63. The third-order valence-electron chi connectivity index (χ3n) is 2.98. The molecule has 6 heteroatoms. The van der Waals surface area contributed by atoms with Crippen molar-refractivity contribution in [2.75, 3.05) is 44.0 Å². The van der Waals surface area contributed by atoms with Gasteiger partial charge in [0.2, 0.25) is 0 Å². The lowest BCUT2D eigenvalue weighted by atomic mass is 10.2. The van der Waals surface area contributed by atoms with E-state index < -0.39 is 5.82 Å². The Bertz CT molecular complexity index is 428. The lowest BCUT2D eigenvalue weighted by Crippen LogP contribution is -2.44. The molecule has 1 aromatic carbocycles. The Morgan fingerprint density at radius 2 is 2.39 bits per heavy atom. The normalized spacial score (nSPS) is 19.9. The topological polar surface area (TPSA) is 68.0 Å². The molecule has 0 saturated carbocycles. The van der Waals surface area contributed by atoms with Gasteiger partial charge in [0.1, 0.15) is 0 Å². The molecule has 0 spiro atoms. The number of hydrogen-bond acceptors (Lipinski definition) is 5. The summed E-state index contributed by atoms with van der Waals surface area (Å²) in [6, 6.07) is 2.82. The van der Waals surface area contributed by atoms with Crippen LogP contribution in [0.3, 0.4) is 0 Å². The molecule has 1 fully saturated rings. The maximum atomic E-state index is 13.5. The van der Waals surface area contributed by atoms with Crippen molar-refractivity contribution in [3.8, 4) is 5.75 Å². The molecule has 5 nitrogen and oxygen atoms in total. The summed E-state index contributed by atoms with van der Waals surface area (Å²) >= 11 is 0. The molecule has 0 aromatic heterocycles. The van der Waals surface area contributed by atoms with Crippen molar-refractivity contribution in [2.45, 2.75) is 6.10 Å². The van der Waals surface area contributed by atoms with E-state index in [0.717, 1.165) is 0 Å². The highest BCUT2D eigenvalue weighted by Gasteiger charge is 2.22. The van der Waals surface area contributed by atoms with E-state index in [1.807, 2.05) is 4.90 Å². The predicted octanol–water partition coefficient (Wildman–Crippen LogP) is 0.614. The Hall–Kier alpha value is -1.53. The number of aliphatic hydroxyl groups excluding tert-OH is 1. The van der Waals surface area contributed by atoms with E-state index >= 15 is 0 Å². The molecule has 1 aromatic rings. The molecule has 1 atom stereocenters. The van der Waals surface area contributed by atoms with Gasteiger partial charge >= 0.3 is 0 Å². The zero-order valence-corrected chi connectivity index (χ0v) is 10.2. The van der Waals surface area contributed by atoms with Crippen molar-refractivity contribution in [3.63, 3.8) is 0 Å². The lowest BCUT2D eigenvalue weighted by Gasteiger charge is -2.34. The number of halogens is 1. The molecule has 18 heavy (non-hydrogen) atoms. The monoisotopic (exact) mass is 256 g/mol. The van der Waals surface area contributed by atoms with Crippen molar-refractivity contribution < 1.29 is 19.0 Å². The molecule has 2 rings (SSSR count). The second-order valence-electron chi connectivity index (χ2n) is 4.17. The summed E-state index contributed by atoms with van der Waals surface area (Å²) in [7, 11) is 1.41. The number of methoxy groups -OCH3 is 1. The lowest BCUT2D eigenvalue weighted by molar-refractivity contribution is 0.00359. The molecule has 1 aliphatic rings. The molecule has 0 radical (unpaired) electrons. The zero-order chi connectivity index (χ0) is 13.1. The summed E-state index contributed by atoms with van der Waals surface area (Å²) in [6.07, 6.45) is -0.241. The number of nitrogens with two attached hydrogens (primary N) is 1. The first-order valence-electron chi connectivity index (χ1n) is 5.76. The molecule has 1 unspecified atom stereocenters. The largest absolute Gasteiger partial charge is 0.494 e. The van der Waals surface area contributed by atoms with Crippen LogP contribution >= 0.6 is 0 Å². The molecular weight excluding hydrogens is 239 g/mol. The average molecular weight is 256 g/mol. The van der Waals surface area contributed by atoms with Crippen LogP contribution in [0.2, 0.25) is 0 Å². The highest BCUT2D eigenvalue weighted by molar-refractivity contribution is 5.70. The van der Waals surface area contributed by atoms with Gasteiger partial charge in [-0.3, -0.25) is 0 Å². The third kappa shape index (κ3) is 2.49. The van der Waals surface area contributed by atoms with Crippen molar-refractivity contribution in [1.29, 1.82) is 0 Å². The maximum Gasteiger partial charge on any atom is 0.167 e. The number of rotatable bonds is 3. The van der Waals surface area contributed by atoms with Gasteiger partial charge in [-0.05, 0) is 0 Å². The van der Waals surface area contributed by atoms with E-state index in [1.54, 1.807) is 6.07 Å². The van der Waals surface area contributed by atoms with Crippen LogP contribution in [0.4, 0.5) is 15.8 Å². The van der Waals surface area contributed by atoms with Gasteiger partial charge in [0, 0.05) is 25.2 Å². The van der Waals surface area contributed by atoms with Gasteiger partial charge in [-0.1, -0.05) is 0 Å². The van der Waals surface area contributed by atoms with E-state index in [9.17, 15) is 4.39 Å². The second kappa shape index (κ2) is 5.41. The minimum Gasteiger partial charge on any atom is -0.494 e. The molecule has 0 aliphatic carbocycles. The van der Waals surface area contributed by atoms with E-state index in [-0.39, 0.29) is 18.5 Å². The van der Waals surface area contributed by atoms with Crippen LogP contribution in [0.5, 0.6) is 5.75 Å². The molecule has 1 heterocycles. The third-order valence-corrected chi connectivity index (χ3v) is 2.98. The van der Waals surface area contributed by atoms with Crippen LogP contribution in [0.1, 0.15) is 0 Å². The number of anilines is 2. The first-order valence-corrected chi connectivity index (χ1v) is 5.76. The van der Waals surface area contributed by atoms with Gasteiger partial charge in [-0.25, -0.2) is 4.39 Å². The van der Waals surface area contributed by atoms with Gasteiger partial charge in [0.25, 0.3) is 0 Å².